The van der Waals surface area contributed by atoms with Gasteiger partial charge in [0.05, 0.1) is 18.5 Å². The summed E-state index contributed by atoms with van der Waals surface area (Å²) in [5.41, 5.74) is 3.71. The van der Waals surface area contributed by atoms with E-state index in [9.17, 15) is 4.79 Å². The number of nitrogens with zero attached hydrogens (tertiary/aromatic N) is 2. The highest BCUT2D eigenvalue weighted by Gasteiger charge is 2.25. The molecular formula is C18H22N2O2. The third-order valence-electron chi connectivity index (χ3n) is 4.31. The number of ether oxygens (including phenoxy) is 1. The molecule has 0 radical (unpaired) electrons. The van der Waals surface area contributed by atoms with Gasteiger partial charge in [0.15, 0.2) is 0 Å². The maximum atomic E-state index is 11.6. The Balaban J connectivity index is 1.77. The molecule has 1 aromatic heterocycles. The third kappa shape index (κ3) is 3.06. The summed E-state index contributed by atoms with van der Waals surface area (Å²) in [6.07, 6.45) is 6.67. The van der Waals surface area contributed by atoms with Gasteiger partial charge in [0, 0.05) is 12.1 Å². The Morgan fingerprint density at radius 2 is 2.18 bits per heavy atom. The molecular weight excluding hydrogens is 276 g/mol. The van der Waals surface area contributed by atoms with Gasteiger partial charge in [0.25, 0.3) is 0 Å². The maximum absolute atomic E-state index is 11.6. The van der Waals surface area contributed by atoms with Crippen molar-refractivity contribution >= 4 is 5.97 Å². The highest BCUT2D eigenvalue weighted by molar-refractivity contribution is 5.69. The molecule has 1 aromatic carbocycles. The SMILES string of the molecule is CCOC(=O)CCC1CCCc2c1cnn2-c1ccccc1. The topological polar surface area (TPSA) is 44.1 Å². The third-order valence-corrected chi connectivity index (χ3v) is 4.31. The molecule has 4 nitrogen and oxygen atoms in total. The van der Waals surface area contributed by atoms with Crippen LogP contribution in [-0.4, -0.2) is 22.4 Å². The van der Waals surface area contributed by atoms with Crippen molar-refractivity contribution in [3.05, 3.63) is 47.8 Å². The van der Waals surface area contributed by atoms with E-state index in [1.807, 2.05) is 36.0 Å². The van der Waals surface area contributed by atoms with Gasteiger partial charge >= 0.3 is 5.97 Å². The van der Waals surface area contributed by atoms with Crippen molar-refractivity contribution in [1.29, 1.82) is 0 Å². The van der Waals surface area contributed by atoms with Crippen LogP contribution >= 0.6 is 0 Å². The van der Waals surface area contributed by atoms with E-state index >= 15 is 0 Å². The highest BCUT2D eigenvalue weighted by atomic mass is 16.5. The lowest BCUT2D eigenvalue weighted by Crippen LogP contribution is -2.14. The van der Waals surface area contributed by atoms with Gasteiger partial charge in [0.2, 0.25) is 0 Å². The molecule has 0 N–H and O–H groups in total. The molecule has 0 amide bonds. The second-order valence-electron chi connectivity index (χ2n) is 5.73. The molecule has 22 heavy (non-hydrogen) atoms. The van der Waals surface area contributed by atoms with E-state index in [-0.39, 0.29) is 5.97 Å². The Morgan fingerprint density at radius 1 is 1.36 bits per heavy atom. The van der Waals surface area contributed by atoms with Crippen LogP contribution in [0.1, 0.15) is 49.8 Å². The second kappa shape index (κ2) is 6.77. The first-order valence-electron chi connectivity index (χ1n) is 8.07. The van der Waals surface area contributed by atoms with E-state index in [4.69, 9.17) is 4.74 Å². The van der Waals surface area contributed by atoms with E-state index in [0.717, 1.165) is 31.4 Å². The van der Waals surface area contributed by atoms with Crippen LogP contribution in [0.3, 0.4) is 0 Å². The number of rotatable bonds is 5. The molecule has 116 valence electrons. The normalized spacial score (nSPS) is 17.0. The number of esters is 1. The van der Waals surface area contributed by atoms with E-state index in [0.29, 0.717) is 18.9 Å². The number of para-hydroxylation sites is 1. The lowest BCUT2D eigenvalue weighted by atomic mass is 9.84. The predicted molar refractivity (Wildman–Crippen MR) is 85.1 cm³/mol. The Labute approximate surface area is 131 Å². The van der Waals surface area contributed by atoms with Crippen molar-refractivity contribution in [1.82, 2.24) is 9.78 Å². The minimum absolute atomic E-state index is 0.0925. The molecule has 1 aliphatic rings. The zero-order valence-corrected chi connectivity index (χ0v) is 13.0. The monoisotopic (exact) mass is 298 g/mol. The fourth-order valence-electron chi connectivity index (χ4n) is 3.27. The van der Waals surface area contributed by atoms with Crippen molar-refractivity contribution in [2.45, 2.75) is 44.9 Å². The zero-order chi connectivity index (χ0) is 15.4. The molecule has 0 fully saturated rings. The average Bonchev–Trinajstić information content (AvgIpc) is 2.98. The second-order valence-corrected chi connectivity index (χ2v) is 5.73. The fraction of sp³-hybridized carbons (Fsp3) is 0.444. The van der Waals surface area contributed by atoms with Crippen LogP contribution in [0.2, 0.25) is 0 Å². The van der Waals surface area contributed by atoms with Crippen LogP contribution < -0.4 is 0 Å². The summed E-state index contributed by atoms with van der Waals surface area (Å²) in [5, 5.41) is 4.58. The lowest BCUT2D eigenvalue weighted by molar-refractivity contribution is -0.143. The minimum atomic E-state index is -0.0925. The van der Waals surface area contributed by atoms with Crippen LogP contribution in [0.4, 0.5) is 0 Å². The Morgan fingerprint density at radius 3 is 2.95 bits per heavy atom. The number of aromatic nitrogens is 2. The lowest BCUT2D eigenvalue weighted by Gasteiger charge is -2.23. The number of fused-ring (bicyclic) bond motifs is 1. The Bertz CT molecular complexity index is 634. The summed E-state index contributed by atoms with van der Waals surface area (Å²) >= 11 is 0. The fourth-order valence-corrected chi connectivity index (χ4v) is 3.27. The molecule has 1 unspecified atom stereocenters. The van der Waals surface area contributed by atoms with Crippen molar-refractivity contribution in [3.63, 3.8) is 0 Å². The first-order chi connectivity index (χ1) is 10.8. The van der Waals surface area contributed by atoms with Gasteiger partial charge in [-0.2, -0.15) is 5.10 Å². The number of carbonyl (C=O) groups is 1. The predicted octanol–water partition coefficient (Wildman–Crippen LogP) is 3.64. The summed E-state index contributed by atoms with van der Waals surface area (Å²) < 4.78 is 7.08. The van der Waals surface area contributed by atoms with E-state index in [1.54, 1.807) is 0 Å². The van der Waals surface area contributed by atoms with Crippen molar-refractivity contribution in [2.24, 2.45) is 0 Å². The van der Waals surface area contributed by atoms with Gasteiger partial charge in [-0.15, -0.1) is 0 Å². The van der Waals surface area contributed by atoms with Crippen molar-refractivity contribution in [3.8, 4) is 5.69 Å². The van der Waals surface area contributed by atoms with E-state index in [1.165, 1.54) is 11.3 Å². The van der Waals surface area contributed by atoms with Gasteiger partial charge in [-0.05, 0) is 56.2 Å². The Hall–Kier alpha value is -2.10. The van der Waals surface area contributed by atoms with Crippen LogP contribution in [0, 0.1) is 0 Å². The number of carbonyl (C=O) groups excluding carboxylic acids is 1. The van der Waals surface area contributed by atoms with Gasteiger partial charge in [-0.3, -0.25) is 4.79 Å². The summed E-state index contributed by atoms with van der Waals surface area (Å²) in [6, 6.07) is 10.2. The Kier molecular flexibility index (Phi) is 4.56. The molecule has 1 heterocycles. The standard InChI is InChI=1S/C18H22N2O2/c1-2-22-18(21)12-11-14-7-6-10-17-16(14)13-19-20(17)15-8-4-3-5-9-15/h3-5,8-9,13-14H,2,6-7,10-12H2,1H3. The number of hydrogen-bond donors (Lipinski definition) is 0. The highest BCUT2D eigenvalue weighted by Crippen LogP contribution is 2.35. The molecule has 3 rings (SSSR count). The largest absolute Gasteiger partial charge is 0.466 e. The average molecular weight is 298 g/mol. The number of hydrogen-bond acceptors (Lipinski definition) is 3. The summed E-state index contributed by atoms with van der Waals surface area (Å²) in [6.45, 7) is 2.31. The van der Waals surface area contributed by atoms with Crippen LogP contribution in [-0.2, 0) is 16.0 Å². The van der Waals surface area contributed by atoms with E-state index < -0.39 is 0 Å². The molecule has 0 saturated heterocycles. The number of benzene rings is 1. The molecule has 0 spiro atoms. The molecule has 4 heteroatoms. The van der Waals surface area contributed by atoms with Crippen molar-refractivity contribution < 1.29 is 9.53 Å². The van der Waals surface area contributed by atoms with Crippen LogP contribution in [0.5, 0.6) is 0 Å². The van der Waals surface area contributed by atoms with Gasteiger partial charge in [-0.1, -0.05) is 18.2 Å². The molecule has 1 aliphatic carbocycles. The van der Waals surface area contributed by atoms with Gasteiger partial charge in [-0.25, -0.2) is 4.68 Å². The first-order valence-corrected chi connectivity index (χ1v) is 8.07. The summed E-state index contributed by atoms with van der Waals surface area (Å²) in [7, 11) is 0. The van der Waals surface area contributed by atoms with E-state index in [2.05, 4.69) is 17.2 Å². The maximum Gasteiger partial charge on any atom is 0.305 e. The minimum Gasteiger partial charge on any atom is -0.466 e. The molecule has 1 atom stereocenters. The van der Waals surface area contributed by atoms with Crippen LogP contribution in [0.15, 0.2) is 36.5 Å². The molecule has 0 bridgehead atoms. The zero-order valence-electron chi connectivity index (χ0n) is 13.0. The van der Waals surface area contributed by atoms with Crippen LogP contribution in [0.25, 0.3) is 5.69 Å². The van der Waals surface area contributed by atoms with Crippen molar-refractivity contribution in [2.75, 3.05) is 6.61 Å². The molecule has 0 saturated carbocycles. The van der Waals surface area contributed by atoms with Gasteiger partial charge in [0.1, 0.15) is 0 Å². The molecule has 0 aliphatic heterocycles. The molecule has 2 aromatic rings. The van der Waals surface area contributed by atoms with Gasteiger partial charge < -0.3 is 4.74 Å². The summed E-state index contributed by atoms with van der Waals surface area (Å²) in [4.78, 5) is 11.6. The summed E-state index contributed by atoms with van der Waals surface area (Å²) in [5.74, 6) is 0.329. The first kappa shape index (κ1) is 14.8. The smallest absolute Gasteiger partial charge is 0.305 e. The quantitative estimate of drug-likeness (QED) is 0.792.